The number of hydrogen-bond donors (Lipinski definition) is 3. The molecule has 18 heavy (non-hydrogen) atoms. The quantitative estimate of drug-likeness (QED) is 0.706. The van der Waals surface area contributed by atoms with Crippen LogP contribution in [0.15, 0.2) is 36.8 Å². The number of aromatic nitrogens is 2. The minimum absolute atomic E-state index is 0.00916. The summed E-state index contributed by atoms with van der Waals surface area (Å²) in [6.07, 6.45) is 4.41. The summed E-state index contributed by atoms with van der Waals surface area (Å²) in [5.41, 5.74) is 1.28. The summed E-state index contributed by atoms with van der Waals surface area (Å²) in [6, 6.07) is 4.45. The summed E-state index contributed by atoms with van der Waals surface area (Å²) in [6.45, 7) is 1.87. The number of nitrogens with one attached hydrogen (secondary N) is 2. The highest BCUT2D eigenvalue weighted by atomic mass is 16.3. The Morgan fingerprint density at radius 1 is 1.28 bits per heavy atom. The second kappa shape index (κ2) is 5.13. The summed E-state index contributed by atoms with van der Waals surface area (Å²) in [5.74, 6) is 0.344. The molecule has 0 radical (unpaired) electrons. The van der Waals surface area contributed by atoms with E-state index < -0.39 is 6.03 Å². The highest BCUT2D eigenvalue weighted by Gasteiger charge is 2.07. The zero-order chi connectivity index (χ0) is 13.0. The molecule has 0 aliphatic rings. The number of carbonyl (C=O) groups is 1. The first kappa shape index (κ1) is 11.8. The van der Waals surface area contributed by atoms with Gasteiger partial charge < -0.3 is 10.4 Å². The first-order valence-electron chi connectivity index (χ1n) is 5.29. The predicted octanol–water partition coefficient (Wildman–Crippen LogP) is 2.13. The van der Waals surface area contributed by atoms with Crippen LogP contribution in [-0.4, -0.2) is 21.1 Å². The van der Waals surface area contributed by atoms with Crippen molar-refractivity contribution in [3.05, 3.63) is 42.4 Å². The van der Waals surface area contributed by atoms with Crippen molar-refractivity contribution in [1.29, 1.82) is 0 Å². The lowest BCUT2D eigenvalue weighted by molar-refractivity contribution is 0.262. The van der Waals surface area contributed by atoms with Crippen molar-refractivity contribution in [1.82, 2.24) is 9.97 Å². The third-order valence-electron chi connectivity index (χ3n) is 2.21. The molecule has 0 atom stereocenters. The number of anilines is 2. The van der Waals surface area contributed by atoms with Gasteiger partial charge in [0.2, 0.25) is 0 Å². The van der Waals surface area contributed by atoms with Gasteiger partial charge in [-0.15, -0.1) is 0 Å². The third-order valence-corrected chi connectivity index (χ3v) is 2.21. The monoisotopic (exact) mass is 244 g/mol. The maximum absolute atomic E-state index is 11.6. The predicted molar refractivity (Wildman–Crippen MR) is 67.5 cm³/mol. The van der Waals surface area contributed by atoms with E-state index in [1.807, 2.05) is 6.92 Å². The van der Waals surface area contributed by atoms with E-state index in [9.17, 15) is 9.90 Å². The number of rotatable bonds is 2. The molecule has 1 aromatic carbocycles. The molecule has 2 amide bonds. The van der Waals surface area contributed by atoms with Crippen molar-refractivity contribution in [3.8, 4) is 5.75 Å². The van der Waals surface area contributed by atoms with E-state index in [0.717, 1.165) is 5.56 Å². The molecular formula is C12H12N4O2. The molecule has 6 nitrogen and oxygen atoms in total. The molecule has 0 saturated carbocycles. The Hall–Kier alpha value is -2.63. The van der Waals surface area contributed by atoms with Gasteiger partial charge in [-0.3, -0.25) is 10.3 Å². The number of benzene rings is 1. The SMILES string of the molecule is Cc1ccc(O)c(NC(=O)Nc2cnccn2)c1. The lowest BCUT2D eigenvalue weighted by atomic mass is 10.2. The van der Waals surface area contributed by atoms with Crippen LogP contribution < -0.4 is 10.6 Å². The number of urea groups is 1. The van der Waals surface area contributed by atoms with Gasteiger partial charge in [-0.05, 0) is 24.6 Å². The Bertz CT molecular complexity index is 557. The second-order valence-corrected chi connectivity index (χ2v) is 3.69. The van der Waals surface area contributed by atoms with Gasteiger partial charge in [0.1, 0.15) is 5.75 Å². The average molecular weight is 244 g/mol. The van der Waals surface area contributed by atoms with Crippen LogP contribution in [-0.2, 0) is 0 Å². The van der Waals surface area contributed by atoms with Gasteiger partial charge >= 0.3 is 6.03 Å². The molecule has 0 aliphatic heterocycles. The molecular weight excluding hydrogens is 232 g/mol. The van der Waals surface area contributed by atoms with Crippen LogP contribution in [0.5, 0.6) is 5.75 Å². The molecule has 0 aliphatic carbocycles. The molecule has 0 fully saturated rings. The van der Waals surface area contributed by atoms with Crippen LogP contribution in [0, 0.1) is 6.92 Å². The van der Waals surface area contributed by atoms with Gasteiger partial charge in [-0.25, -0.2) is 9.78 Å². The molecule has 1 heterocycles. The second-order valence-electron chi connectivity index (χ2n) is 3.69. The fourth-order valence-corrected chi connectivity index (χ4v) is 1.38. The van der Waals surface area contributed by atoms with Gasteiger partial charge in [0.05, 0.1) is 11.9 Å². The summed E-state index contributed by atoms with van der Waals surface area (Å²) in [5, 5.41) is 14.6. The Kier molecular flexibility index (Phi) is 3.38. The number of aryl methyl sites for hydroxylation is 1. The van der Waals surface area contributed by atoms with E-state index in [-0.39, 0.29) is 5.75 Å². The standard InChI is InChI=1S/C12H12N4O2/c1-8-2-3-10(17)9(6-8)15-12(18)16-11-7-13-4-5-14-11/h2-7,17H,1H3,(H2,14,15,16,18). The van der Waals surface area contributed by atoms with Gasteiger partial charge in [0, 0.05) is 12.4 Å². The number of phenols is 1. The van der Waals surface area contributed by atoms with Crippen molar-refractivity contribution in [2.45, 2.75) is 6.92 Å². The lowest BCUT2D eigenvalue weighted by Crippen LogP contribution is -2.20. The van der Waals surface area contributed by atoms with Gasteiger partial charge in [-0.2, -0.15) is 0 Å². The minimum atomic E-state index is -0.489. The Balaban J connectivity index is 2.05. The molecule has 6 heteroatoms. The van der Waals surface area contributed by atoms with Crippen molar-refractivity contribution < 1.29 is 9.90 Å². The zero-order valence-corrected chi connectivity index (χ0v) is 9.71. The Morgan fingerprint density at radius 3 is 2.83 bits per heavy atom. The molecule has 0 saturated heterocycles. The summed E-state index contributed by atoms with van der Waals surface area (Å²) in [7, 11) is 0. The number of aromatic hydroxyl groups is 1. The largest absolute Gasteiger partial charge is 0.506 e. The number of phenolic OH excluding ortho intramolecular Hbond substituents is 1. The van der Waals surface area contributed by atoms with Gasteiger partial charge in [0.25, 0.3) is 0 Å². The van der Waals surface area contributed by atoms with Crippen molar-refractivity contribution in [3.63, 3.8) is 0 Å². The van der Waals surface area contributed by atoms with Crippen LogP contribution in [0.25, 0.3) is 0 Å². The molecule has 2 rings (SSSR count). The van der Waals surface area contributed by atoms with Crippen LogP contribution in [0.1, 0.15) is 5.56 Å². The van der Waals surface area contributed by atoms with E-state index in [1.165, 1.54) is 24.7 Å². The lowest BCUT2D eigenvalue weighted by Gasteiger charge is -2.08. The fraction of sp³-hybridized carbons (Fsp3) is 0.0833. The minimum Gasteiger partial charge on any atom is -0.506 e. The molecule has 0 spiro atoms. The Labute approximate surface area is 104 Å². The topological polar surface area (TPSA) is 87.1 Å². The summed E-state index contributed by atoms with van der Waals surface area (Å²) >= 11 is 0. The average Bonchev–Trinajstić information content (AvgIpc) is 2.35. The van der Waals surface area contributed by atoms with Crippen molar-refractivity contribution in [2.75, 3.05) is 10.6 Å². The third kappa shape index (κ3) is 2.94. The zero-order valence-electron chi connectivity index (χ0n) is 9.71. The highest BCUT2D eigenvalue weighted by Crippen LogP contribution is 2.23. The van der Waals surface area contributed by atoms with Gasteiger partial charge in [0.15, 0.2) is 5.82 Å². The van der Waals surface area contributed by atoms with Gasteiger partial charge in [-0.1, -0.05) is 6.07 Å². The normalized spacial score (nSPS) is 9.83. The maximum atomic E-state index is 11.6. The van der Waals surface area contributed by atoms with E-state index in [4.69, 9.17) is 0 Å². The van der Waals surface area contributed by atoms with E-state index >= 15 is 0 Å². The van der Waals surface area contributed by atoms with Crippen LogP contribution in [0.3, 0.4) is 0 Å². The van der Waals surface area contributed by atoms with Crippen molar-refractivity contribution in [2.24, 2.45) is 0 Å². The molecule has 92 valence electrons. The fourth-order valence-electron chi connectivity index (χ4n) is 1.38. The molecule has 3 N–H and O–H groups in total. The molecule has 1 aromatic heterocycles. The summed E-state index contributed by atoms with van der Waals surface area (Å²) < 4.78 is 0. The van der Waals surface area contributed by atoms with E-state index in [0.29, 0.717) is 11.5 Å². The number of carbonyl (C=O) groups excluding carboxylic acids is 1. The highest BCUT2D eigenvalue weighted by molar-refractivity contribution is 6.00. The van der Waals surface area contributed by atoms with Crippen LogP contribution in [0.4, 0.5) is 16.3 Å². The van der Waals surface area contributed by atoms with Crippen LogP contribution >= 0.6 is 0 Å². The van der Waals surface area contributed by atoms with E-state index in [1.54, 1.807) is 12.1 Å². The first-order chi connectivity index (χ1) is 8.65. The smallest absolute Gasteiger partial charge is 0.324 e. The molecule has 0 unspecified atom stereocenters. The van der Waals surface area contributed by atoms with Crippen LogP contribution in [0.2, 0.25) is 0 Å². The maximum Gasteiger partial charge on any atom is 0.324 e. The molecule has 0 bridgehead atoms. The number of amides is 2. The van der Waals surface area contributed by atoms with E-state index in [2.05, 4.69) is 20.6 Å². The first-order valence-corrected chi connectivity index (χ1v) is 5.29. The molecule has 2 aromatic rings. The number of nitrogens with zero attached hydrogens (tertiary/aromatic N) is 2. The number of hydrogen-bond acceptors (Lipinski definition) is 4. The van der Waals surface area contributed by atoms with Crippen molar-refractivity contribution >= 4 is 17.5 Å². The Morgan fingerprint density at radius 2 is 2.11 bits per heavy atom. The summed E-state index contributed by atoms with van der Waals surface area (Å²) in [4.78, 5) is 19.4.